The van der Waals surface area contributed by atoms with Crippen LogP contribution in [0.1, 0.15) is 28.8 Å². The van der Waals surface area contributed by atoms with Gasteiger partial charge in [-0.15, -0.1) is 10.2 Å². The van der Waals surface area contributed by atoms with Crippen LogP contribution in [-0.4, -0.2) is 25.9 Å². The predicted octanol–water partition coefficient (Wildman–Crippen LogP) is 2.94. The molecule has 1 amide bonds. The first-order valence-electron chi connectivity index (χ1n) is 7.56. The standard InChI is InChI=1S/C16H14ClN5O2S/c1-2-3-13-19-20-16(25-13)18-15(24)14-12(23)8-9-22(21-14)11-6-4-10(17)5-7-11/h4-9H,2-3H2,1H3,(H,18,20,24). The van der Waals surface area contributed by atoms with E-state index in [9.17, 15) is 9.59 Å². The zero-order chi connectivity index (χ0) is 17.8. The minimum absolute atomic E-state index is 0.218. The summed E-state index contributed by atoms with van der Waals surface area (Å²) < 4.78 is 1.44. The Hall–Kier alpha value is -2.58. The largest absolute Gasteiger partial charge is 0.295 e. The van der Waals surface area contributed by atoms with Gasteiger partial charge in [0.1, 0.15) is 5.01 Å². The lowest BCUT2D eigenvalue weighted by Gasteiger charge is -2.07. The molecule has 3 aromatic rings. The molecular formula is C16H14ClN5O2S. The number of carbonyl (C=O) groups is 1. The third-order valence-electron chi connectivity index (χ3n) is 3.27. The summed E-state index contributed by atoms with van der Waals surface area (Å²) in [4.78, 5) is 24.4. The smallest absolute Gasteiger partial charge is 0.282 e. The van der Waals surface area contributed by atoms with Crippen molar-refractivity contribution < 1.29 is 4.79 Å². The van der Waals surface area contributed by atoms with E-state index in [2.05, 4.69) is 20.6 Å². The summed E-state index contributed by atoms with van der Waals surface area (Å²) in [6.07, 6.45) is 3.22. The summed E-state index contributed by atoms with van der Waals surface area (Å²) in [5.41, 5.74) is -0.00898. The molecule has 0 bridgehead atoms. The van der Waals surface area contributed by atoms with E-state index in [-0.39, 0.29) is 5.69 Å². The molecule has 2 heterocycles. The maximum absolute atomic E-state index is 12.4. The van der Waals surface area contributed by atoms with Gasteiger partial charge >= 0.3 is 0 Å². The first-order chi connectivity index (χ1) is 12.1. The van der Waals surface area contributed by atoms with E-state index < -0.39 is 11.3 Å². The maximum Gasteiger partial charge on any atom is 0.282 e. The molecule has 7 nitrogen and oxygen atoms in total. The second-order valence-electron chi connectivity index (χ2n) is 5.15. The number of anilines is 1. The molecule has 1 N–H and O–H groups in total. The Morgan fingerprint density at radius 1 is 1.24 bits per heavy atom. The van der Waals surface area contributed by atoms with Crippen LogP contribution in [0, 0.1) is 0 Å². The lowest BCUT2D eigenvalue weighted by molar-refractivity contribution is 0.101. The van der Waals surface area contributed by atoms with E-state index in [0.717, 1.165) is 17.8 Å². The minimum atomic E-state index is -0.618. The fraction of sp³-hybridized carbons (Fsp3) is 0.188. The quantitative estimate of drug-likeness (QED) is 0.740. The number of nitrogens with one attached hydrogen (secondary N) is 1. The Morgan fingerprint density at radius 3 is 2.72 bits per heavy atom. The second kappa shape index (κ2) is 7.54. The lowest BCUT2D eigenvalue weighted by atomic mass is 10.3. The topological polar surface area (TPSA) is 89.8 Å². The van der Waals surface area contributed by atoms with Crippen molar-refractivity contribution in [2.75, 3.05) is 5.32 Å². The van der Waals surface area contributed by atoms with E-state index in [1.165, 1.54) is 28.3 Å². The van der Waals surface area contributed by atoms with Gasteiger partial charge in [-0.05, 0) is 30.7 Å². The molecular weight excluding hydrogens is 362 g/mol. The van der Waals surface area contributed by atoms with Crippen LogP contribution >= 0.6 is 22.9 Å². The molecule has 0 spiro atoms. The number of aryl methyl sites for hydroxylation is 1. The van der Waals surface area contributed by atoms with Crippen molar-refractivity contribution in [3.63, 3.8) is 0 Å². The van der Waals surface area contributed by atoms with Crippen LogP contribution in [0.4, 0.5) is 5.13 Å². The van der Waals surface area contributed by atoms with Gasteiger partial charge in [0.05, 0.1) is 5.69 Å². The second-order valence-corrected chi connectivity index (χ2v) is 6.65. The van der Waals surface area contributed by atoms with Gasteiger partial charge in [-0.2, -0.15) is 5.10 Å². The number of rotatable bonds is 5. The molecule has 0 aliphatic rings. The van der Waals surface area contributed by atoms with Crippen LogP contribution in [0.15, 0.2) is 41.3 Å². The van der Waals surface area contributed by atoms with E-state index in [1.54, 1.807) is 24.3 Å². The Morgan fingerprint density at radius 2 is 2.00 bits per heavy atom. The highest BCUT2D eigenvalue weighted by molar-refractivity contribution is 7.15. The highest BCUT2D eigenvalue weighted by Crippen LogP contribution is 2.17. The van der Waals surface area contributed by atoms with Gasteiger partial charge in [-0.3, -0.25) is 14.9 Å². The number of hydrogen-bond acceptors (Lipinski definition) is 6. The predicted molar refractivity (Wildman–Crippen MR) is 96.7 cm³/mol. The molecule has 0 atom stereocenters. The molecule has 9 heteroatoms. The molecule has 0 saturated carbocycles. The highest BCUT2D eigenvalue weighted by atomic mass is 35.5. The van der Waals surface area contributed by atoms with Gasteiger partial charge in [0.25, 0.3) is 5.91 Å². The molecule has 3 rings (SSSR count). The molecule has 128 valence electrons. The van der Waals surface area contributed by atoms with Crippen molar-refractivity contribution in [2.24, 2.45) is 0 Å². The zero-order valence-electron chi connectivity index (χ0n) is 13.3. The molecule has 0 fully saturated rings. The number of carbonyl (C=O) groups excluding carboxylic acids is 1. The van der Waals surface area contributed by atoms with Crippen LogP contribution in [0.3, 0.4) is 0 Å². The minimum Gasteiger partial charge on any atom is -0.295 e. The average molecular weight is 376 g/mol. The Balaban J connectivity index is 1.85. The number of benzene rings is 1. The van der Waals surface area contributed by atoms with Gasteiger partial charge in [0.15, 0.2) is 5.69 Å². The Labute approximate surface area is 152 Å². The summed E-state index contributed by atoms with van der Waals surface area (Å²) in [5.74, 6) is -0.618. The lowest BCUT2D eigenvalue weighted by Crippen LogP contribution is -2.25. The van der Waals surface area contributed by atoms with Crippen LogP contribution in [0.2, 0.25) is 5.02 Å². The van der Waals surface area contributed by atoms with Gasteiger partial charge < -0.3 is 0 Å². The zero-order valence-corrected chi connectivity index (χ0v) is 14.8. The number of hydrogen-bond donors (Lipinski definition) is 1. The van der Waals surface area contributed by atoms with E-state index in [0.29, 0.717) is 15.8 Å². The number of halogens is 1. The number of aromatic nitrogens is 4. The van der Waals surface area contributed by atoms with E-state index in [1.807, 2.05) is 6.92 Å². The molecule has 0 radical (unpaired) electrons. The van der Waals surface area contributed by atoms with Crippen molar-refractivity contribution in [1.29, 1.82) is 0 Å². The molecule has 0 aliphatic heterocycles. The molecule has 0 aliphatic carbocycles. The van der Waals surface area contributed by atoms with Crippen molar-refractivity contribution in [2.45, 2.75) is 19.8 Å². The van der Waals surface area contributed by atoms with Gasteiger partial charge in [0, 0.05) is 23.7 Å². The van der Waals surface area contributed by atoms with Gasteiger partial charge in [0.2, 0.25) is 10.6 Å². The van der Waals surface area contributed by atoms with Crippen LogP contribution in [-0.2, 0) is 6.42 Å². The van der Waals surface area contributed by atoms with Crippen LogP contribution in [0.5, 0.6) is 0 Å². The summed E-state index contributed by atoms with van der Waals surface area (Å²) in [5, 5.41) is 16.3. The summed E-state index contributed by atoms with van der Waals surface area (Å²) in [6.45, 7) is 2.03. The van der Waals surface area contributed by atoms with E-state index >= 15 is 0 Å². The maximum atomic E-state index is 12.4. The summed E-state index contributed by atoms with van der Waals surface area (Å²) >= 11 is 7.15. The first kappa shape index (κ1) is 17.2. The van der Waals surface area contributed by atoms with Crippen LogP contribution < -0.4 is 10.7 Å². The Kier molecular flexibility index (Phi) is 5.20. The van der Waals surface area contributed by atoms with Gasteiger partial charge in [-0.1, -0.05) is 29.9 Å². The van der Waals surface area contributed by atoms with E-state index in [4.69, 9.17) is 11.6 Å². The third kappa shape index (κ3) is 4.09. The normalized spacial score (nSPS) is 10.6. The average Bonchev–Trinajstić information content (AvgIpc) is 3.03. The fourth-order valence-electron chi connectivity index (χ4n) is 2.08. The number of amides is 1. The molecule has 1 aromatic carbocycles. The molecule has 25 heavy (non-hydrogen) atoms. The monoisotopic (exact) mass is 375 g/mol. The van der Waals surface area contributed by atoms with Crippen molar-refractivity contribution >= 4 is 34.0 Å². The molecule has 2 aromatic heterocycles. The first-order valence-corrected chi connectivity index (χ1v) is 8.76. The fourth-order valence-corrected chi connectivity index (χ4v) is 3.04. The molecule has 0 saturated heterocycles. The number of nitrogens with zero attached hydrogens (tertiary/aromatic N) is 4. The van der Waals surface area contributed by atoms with Crippen LogP contribution in [0.25, 0.3) is 5.69 Å². The third-order valence-corrected chi connectivity index (χ3v) is 4.42. The SMILES string of the molecule is CCCc1nnc(NC(=O)c2nn(-c3ccc(Cl)cc3)ccc2=O)s1. The van der Waals surface area contributed by atoms with Crippen molar-refractivity contribution in [3.8, 4) is 5.69 Å². The van der Waals surface area contributed by atoms with Crippen molar-refractivity contribution in [1.82, 2.24) is 20.0 Å². The molecule has 0 unspecified atom stereocenters. The van der Waals surface area contributed by atoms with Crippen molar-refractivity contribution in [3.05, 3.63) is 62.5 Å². The Bertz CT molecular complexity index is 952. The highest BCUT2D eigenvalue weighted by Gasteiger charge is 2.16. The summed E-state index contributed by atoms with van der Waals surface area (Å²) in [6, 6.07) is 8.17. The summed E-state index contributed by atoms with van der Waals surface area (Å²) in [7, 11) is 0. The van der Waals surface area contributed by atoms with Gasteiger partial charge in [-0.25, -0.2) is 4.68 Å².